The Hall–Kier alpha value is -4.24. The molecule has 3 aromatic rings. The van der Waals surface area contributed by atoms with Crippen LogP contribution in [0.3, 0.4) is 0 Å². The van der Waals surface area contributed by atoms with E-state index in [0.717, 1.165) is 22.4 Å². The Labute approximate surface area is 187 Å². The normalized spacial score (nSPS) is 10.8. The zero-order valence-corrected chi connectivity index (χ0v) is 18.2. The fourth-order valence-electron chi connectivity index (χ4n) is 3.08. The van der Waals surface area contributed by atoms with Crippen LogP contribution in [0.2, 0.25) is 0 Å². The molecule has 0 unspecified atom stereocenters. The van der Waals surface area contributed by atoms with Crippen LogP contribution in [0.15, 0.2) is 66.7 Å². The molecule has 0 aromatic heterocycles. The molecule has 1 amide bonds. The van der Waals surface area contributed by atoms with Crippen LogP contribution in [0.5, 0.6) is 17.2 Å². The molecular formula is C26H24N2O4. The number of ether oxygens (including phenoxy) is 3. The van der Waals surface area contributed by atoms with Gasteiger partial charge in [-0.1, -0.05) is 24.3 Å². The molecule has 1 N–H and O–H groups in total. The highest BCUT2D eigenvalue weighted by molar-refractivity contribution is 5.92. The third kappa shape index (κ3) is 5.89. The van der Waals surface area contributed by atoms with Gasteiger partial charge in [-0.05, 0) is 72.2 Å². The number of carbonyl (C=O) groups excluding carboxylic acids is 1. The number of methoxy groups -OCH3 is 2. The Bertz CT molecular complexity index is 1160. The van der Waals surface area contributed by atoms with E-state index < -0.39 is 0 Å². The van der Waals surface area contributed by atoms with Gasteiger partial charge in [-0.3, -0.25) is 4.79 Å². The molecule has 3 rings (SSSR count). The van der Waals surface area contributed by atoms with Gasteiger partial charge in [0, 0.05) is 5.69 Å². The van der Waals surface area contributed by atoms with Crippen molar-refractivity contribution in [3.8, 4) is 23.3 Å². The van der Waals surface area contributed by atoms with Crippen LogP contribution >= 0.6 is 0 Å². The largest absolute Gasteiger partial charge is 0.493 e. The topological polar surface area (TPSA) is 80.6 Å². The van der Waals surface area contributed by atoms with Crippen molar-refractivity contribution in [1.29, 1.82) is 5.26 Å². The summed E-state index contributed by atoms with van der Waals surface area (Å²) < 4.78 is 16.1. The molecule has 0 aliphatic rings. The van der Waals surface area contributed by atoms with Crippen molar-refractivity contribution in [3.05, 3.63) is 83.4 Å². The second-order valence-electron chi connectivity index (χ2n) is 7.01. The van der Waals surface area contributed by atoms with Crippen molar-refractivity contribution < 1.29 is 19.0 Å². The van der Waals surface area contributed by atoms with Gasteiger partial charge in [0.25, 0.3) is 5.91 Å². The van der Waals surface area contributed by atoms with Crippen LogP contribution in [0.4, 0.5) is 5.69 Å². The third-order valence-corrected chi connectivity index (χ3v) is 4.68. The number of rotatable bonds is 8. The molecule has 0 saturated heterocycles. The van der Waals surface area contributed by atoms with Gasteiger partial charge in [-0.15, -0.1) is 0 Å². The summed E-state index contributed by atoms with van der Waals surface area (Å²) in [5.74, 6) is 1.48. The van der Waals surface area contributed by atoms with Crippen LogP contribution < -0.4 is 19.5 Å². The van der Waals surface area contributed by atoms with E-state index in [2.05, 4.69) is 11.4 Å². The van der Waals surface area contributed by atoms with Gasteiger partial charge in [-0.25, -0.2) is 0 Å². The molecule has 0 radical (unpaired) electrons. The van der Waals surface area contributed by atoms with Crippen molar-refractivity contribution in [1.82, 2.24) is 0 Å². The number of benzene rings is 3. The number of nitriles is 1. The molecule has 6 heteroatoms. The van der Waals surface area contributed by atoms with Crippen molar-refractivity contribution in [2.75, 3.05) is 26.1 Å². The minimum atomic E-state index is -0.236. The standard InChI is InChI=1S/C26H24N2O4/c1-18-5-4-6-22(13-18)28-26(29)17-32-23-10-7-19(8-11-23)14-21(16-27)20-9-12-24(30-2)25(15-20)31-3/h4-15H,17H2,1-3H3,(H,28,29)/b21-14+. The van der Waals surface area contributed by atoms with Crippen LogP contribution in [-0.2, 0) is 4.79 Å². The average molecular weight is 428 g/mol. The summed E-state index contributed by atoms with van der Waals surface area (Å²) in [6, 6.07) is 22.3. The van der Waals surface area contributed by atoms with Crippen LogP contribution in [0.1, 0.15) is 16.7 Å². The molecule has 0 spiro atoms. The van der Waals surface area contributed by atoms with Crippen molar-refractivity contribution in [3.63, 3.8) is 0 Å². The number of nitrogens with one attached hydrogen (secondary N) is 1. The maximum atomic E-state index is 12.1. The second-order valence-corrected chi connectivity index (χ2v) is 7.01. The summed E-state index contributed by atoms with van der Waals surface area (Å²) in [5, 5.41) is 12.4. The number of amides is 1. The molecule has 0 aliphatic carbocycles. The number of carbonyl (C=O) groups is 1. The molecule has 0 fully saturated rings. The van der Waals surface area contributed by atoms with Gasteiger partial charge in [0.1, 0.15) is 5.75 Å². The van der Waals surface area contributed by atoms with E-state index in [9.17, 15) is 10.1 Å². The fraction of sp³-hybridized carbons (Fsp3) is 0.154. The number of allylic oxidation sites excluding steroid dienone is 1. The first-order chi connectivity index (χ1) is 15.5. The Morgan fingerprint density at radius 3 is 2.41 bits per heavy atom. The molecule has 0 aliphatic heterocycles. The molecule has 0 atom stereocenters. The molecular weight excluding hydrogens is 404 g/mol. The zero-order chi connectivity index (χ0) is 22.9. The number of hydrogen-bond donors (Lipinski definition) is 1. The van der Waals surface area contributed by atoms with Crippen LogP contribution in [0, 0.1) is 18.3 Å². The summed E-state index contributed by atoms with van der Waals surface area (Å²) in [6.07, 6.45) is 1.77. The van der Waals surface area contributed by atoms with Gasteiger partial charge >= 0.3 is 0 Å². The number of nitrogens with zero attached hydrogens (tertiary/aromatic N) is 1. The van der Waals surface area contributed by atoms with E-state index >= 15 is 0 Å². The first-order valence-electron chi connectivity index (χ1n) is 9.96. The van der Waals surface area contributed by atoms with Crippen molar-refractivity contribution in [2.24, 2.45) is 0 Å². The highest BCUT2D eigenvalue weighted by Gasteiger charge is 2.09. The fourth-order valence-corrected chi connectivity index (χ4v) is 3.08. The van der Waals surface area contributed by atoms with E-state index in [0.29, 0.717) is 22.8 Å². The third-order valence-electron chi connectivity index (χ3n) is 4.68. The lowest BCUT2D eigenvalue weighted by atomic mass is 10.0. The first-order valence-corrected chi connectivity index (χ1v) is 9.96. The minimum Gasteiger partial charge on any atom is -0.493 e. The second kappa shape index (κ2) is 10.7. The summed E-state index contributed by atoms with van der Waals surface area (Å²) in [5.41, 5.74) is 3.83. The van der Waals surface area contributed by atoms with Crippen molar-refractivity contribution in [2.45, 2.75) is 6.92 Å². The SMILES string of the molecule is COc1ccc(/C(C#N)=C/c2ccc(OCC(=O)Nc3cccc(C)c3)cc2)cc1OC. The molecule has 6 nitrogen and oxygen atoms in total. The van der Waals surface area contributed by atoms with Gasteiger partial charge in [0.15, 0.2) is 18.1 Å². The molecule has 32 heavy (non-hydrogen) atoms. The Kier molecular flexibility index (Phi) is 7.50. The lowest BCUT2D eigenvalue weighted by molar-refractivity contribution is -0.118. The van der Waals surface area contributed by atoms with Gasteiger partial charge < -0.3 is 19.5 Å². The molecule has 162 valence electrons. The van der Waals surface area contributed by atoms with Crippen LogP contribution in [0.25, 0.3) is 11.6 Å². The lowest BCUT2D eigenvalue weighted by Gasteiger charge is -2.09. The number of aryl methyl sites for hydroxylation is 1. The maximum Gasteiger partial charge on any atom is 0.262 e. The average Bonchev–Trinajstić information content (AvgIpc) is 2.81. The van der Waals surface area contributed by atoms with E-state index in [1.807, 2.05) is 43.3 Å². The van der Waals surface area contributed by atoms with Crippen molar-refractivity contribution >= 4 is 23.2 Å². The quantitative estimate of drug-likeness (QED) is 0.399. The van der Waals surface area contributed by atoms with Gasteiger partial charge in [0.2, 0.25) is 0 Å². The highest BCUT2D eigenvalue weighted by atomic mass is 16.5. The predicted octanol–water partition coefficient (Wildman–Crippen LogP) is 5.09. The summed E-state index contributed by atoms with van der Waals surface area (Å²) in [6.45, 7) is 1.86. The smallest absolute Gasteiger partial charge is 0.262 e. The Balaban J connectivity index is 1.65. The Morgan fingerprint density at radius 2 is 1.75 bits per heavy atom. The summed E-state index contributed by atoms with van der Waals surface area (Å²) >= 11 is 0. The van der Waals surface area contributed by atoms with Crippen LogP contribution in [-0.4, -0.2) is 26.7 Å². The molecule has 0 heterocycles. The maximum absolute atomic E-state index is 12.1. The number of anilines is 1. The molecule has 0 saturated carbocycles. The molecule has 0 bridgehead atoms. The predicted molar refractivity (Wildman–Crippen MR) is 125 cm³/mol. The lowest BCUT2D eigenvalue weighted by Crippen LogP contribution is -2.20. The number of hydrogen-bond acceptors (Lipinski definition) is 5. The highest BCUT2D eigenvalue weighted by Crippen LogP contribution is 2.31. The van der Waals surface area contributed by atoms with E-state index in [1.165, 1.54) is 0 Å². The summed E-state index contributed by atoms with van der Waals surface area (Å²) in [7, 11) is 3.12. The Morgan fingerprint density at radius 1 is 1.00 bits per heavy atom. The van der Waals surface area contributed by atoms with E-state index in [-0.39, 0.29) is 12.5 Å². The first kappa shape index (κ1) is 22.4. The summed E-state index contributed by atoms with van der Waals surface area (Å²) in [4.78, 5) is 12.1. The van der Waals surface area contributed by atoms with Gasteiger partial charge in [0.05, 0.1) is 25.9 Å². The van der Waals surface area contributed by atoms with E-state index in [1.54, 1.807) is 50.6 Å². The zero-order valence-electron chi connectivity index (χ0n) is 18.2. The van der Waals surface area contributed by atoms with Gasteiger partial charge in [-0.2, -0.15) is 5.26 Å². The van der Waals surface area contributed by atoms with E-state index in [4.69, 9.17) is 14.2 Å². The monoisotopic (exact) mass is 428 g/mol. The molecule has 3 aromatic carbocycles. The minimum absolute atomic E-state index is 0.0990.